The molecule has 0 spiro atoms. The number of carbonyl (C=O) groups is 1. The highest BCUT2D eigenvalue weighted by molar-refractivity contribution is 9.10. The molecule has 7 nitrogen and oxygen atoms in total. The molecule has 1 aliphatic rings. The molecule has 1 saturated heterocycles. The second-order valence-corrected chi connectivity index (χ2v) is 8.16. The summed E-state index contributed by atoms with van der Waals surface area (Å²) in [5, 5.41) is 11.8. The SMILES string of the molecule is O=C(c1cc(Br)ccc1O)N1CCN(Cc2cc(=O)n3ccsc3n2)CC1. The van der Waals surface area contributed by atoms with Crippen molar-refractivity contribution in [3.05, 3.63) is 61.9 Å². The number of rotatable bonds is 3. The lowest BCUT2D eigenvalue weighted by Crippen LogP contribution is -2.48. The number of benzene rings is 1. The minimum Gasteiger partial charge on any atom is -0.507 e. The molecule has 1 N–H and O–H groups in total. The summed E-state index contributed by atoms with van der Waals surface area (Å²) in [6.45, 7) is 3.07. The Morgan fingerprint density at radius 2 is 2.00 bits per heavy atom. The van der Waals surface area contributed by atoms with Gasteiger partial charge in [0.1, 0.15) is 5.75 Å². The number of thiazole rings is 1. The number of carbonyl (C=O) groups excluding carboxylic acids is 1. The molecule has 0 saturated carbocycles. The number of nitrogens with zero attached hydrogens (tertiary/aromatic N) is 4. The molecule has 0 aliphatic carbocycles. The molecule has 4 rings (SSSR count). The summed E-state index contributed by atoms with van der Waals surface area (Å²) in [6, 6.07) is 6.41. The highest BCUT2D eigenvalue weighted by Crippen LogP contribution is 2.24. The van der Waals surface area contributed by atoms with Crippen LogP contribution in [-0.2, 0) is 6.54 Å². The second-order valence-electron chi connectivity index (χ2n) is 6.37. The first kappa shape index (κ1) is 18.1. The summed E-state index contributed by atoms with van der Waals surface area (Å²) in [6.07, 6.45) is 1.72. The van der Waals surface area contributed by atoms with Crippen molar-refractivity contribution in [1.82, 2.24) is 19.2 Å². The molecular weight excluding hydrogens is 432 g/mol. The van der Waals surface area contributed by atoms with Gasteiger partial charge in [-0.25, -0.2) is 4.98 Å². The third-order valence-electron chi connectivity index (χ3n) is 4.59. The maximum Gasteiger partial charge on any atom is 0.258 e. The van der Waals surface area contributed by atoms with Crippen molar-refractivity contribution >= 4 is 38.1 Å². The van der Waals surface area contributed by atoms with E-state index in [1.54, 1.807) is 29.3 Å². The maximum atomic E-state index is 12.7. The molecule has 3 aromatic rings. The zero-order valence-corrected chi connectivity index (χ0v) is 16.7. The van der Waals surface area contributed by atoms with Crippen LogP contribution in [0, 0.1) is 0 Å². The van der Waals surface area contributed by atoms with E-state index in [0.717, 1.165) is 10.2 Å². The lowest BCUT2D eigenvalue weighted by Gasteiger charge is -2.34. The topological polar surface area (TPSA) is 78.2 Å². The monoisotopic (exact) mass is 448 g/mol. The maximum absolute atomic E-state index is 12.7. The second kappa shape index (κ2) is 7.41. The van der Waals surface area contributed by atoms with Crippen LogP contribution in [-0.4, -0.2) is 56.4 Å². The van der Waals surface area contributed by atoms with Crippen molar-refractivity contribution in [3.8, 4) is 5.75 Å². The Kier molecular flexibility index (Phi) is 4.98. The molecule has 140 valence electrons. The molecule has 1 aromatic carbocycles. The zero-order valence-electron chi connectivity index (χ0n) is 14.3. The zero-order chi connectivity index (χ0) is 19.0. The minimum absolute atomic E-state index is 0.0143. The van der Waals surface area contributed by atoms with Crippen molar-refractivity contribution < 1.29 is 9.90 Å². The lowest BCUT2D eigenvalue weighted by atomic mass is 10.1. The Labute approximate surface area is 167 Å². The Morgan fingerprint density at radius 3 is 2.78 bits per heavy atom. The first-order valence-corrected chi connectivity index (χ1v) is 10.1. The van der Waals surface area contributed by atoms with E-state index in [-0.39, 0.29) is 17.2 Å². The van der Waals surface area contributed by atoms with Crippen LogP contribution in [0.1, 0.15) is 16.1 Å². The van der Waals surface area contributed by atoms with Crippen LogP contribution in [0.5, 0.6) is 5.75 Å². The smallest absolute Gasteiger partial charge is 0.258 e. The van der Waals surface area contributed by atoms with Gasteiger partial charge in [0, 0.05) is 54.8 Å². The van der Waals surface area contributed by atoms with E-state index < -0.39 is 0 Å². The Morgan fingerprint density at radius 1 is 1.22 bits per heavy atom. The third kappa shape index (κ3) is 3.76. The van der Waals surface area contributed by atoms with Crippen LogP contribution < -0.4 is 5.56 Å². The van der Waals surface area contributed by atoms with E-state index in [9.17, 15) is 14.7 Å². The molecule has 3 heterocycles. The number of hydrogen-bond donors (Lipinski definition) is 1. The Balaban J connectivity index is 1.41. The number of halogens is 1. The largest absolute Gasteiger partial charge is 0.507 e. The van der Waals surface area contributed by atoms with Gasteiger partial charge < -0.3 is 10.0 Å². The van der Waals surface area contributed by atoms with Gasteiger partial charge in [-0.3, -0.25) is 18.9 Å². The minimum atomic E-state index is -0.176. The molecule has 2 aromatic heterocycles. The average Bonchev–Trinajstić information content (AvgIpc) is 3.13. The van der Waals surface area contributed by atoms with Crippen molar-refractivity contribution in [2.75, 3.05) is 26.2 Å². The number of phenols is 1. The normalized spacial score (nSPS) is 15.4. The van der Waals surface area contributed by atoms with Gasteiger partial charge in [-0.05, 0) is 18.2 Å². The standard InChI is InChI=1S/C18H17BrN4O3S/c19-12-1-2-15(24)14(9-12)17(26)22-5-3-21(4-6-22)11-13-10-16(25)23-7-8-27-18(23)20-13/h1-2,7-10,24H,3-6,11H2. The van der Waals surface area contributed by atoms with Crippen molar-refractivity contribution in [2.45, 2.75) is 6.54 Å². The number of aromatic nitrogens is 2. The molecule has 1 amide bonds. The van der Waals surface area contributed by atoms with E-state index in [1.807, 2.05) is 5.38 Å². The fourth-order valence-corrected chi connectivity index (χ4v) is 4.26. The van der Waals surface area contributed by atoms with Crippen LogP contribution in [0.2, 0.25) is 0 Å². The lowest BCUT2D eigenvalue weighted by molar-refractivity contribution is 0.0624. The quantitative estimate of drug-likeness (QED) is 0.664. The van der Waals surface area contributed by atoms with Gasteiger partial charge in [-0.15, -0.1) is 11.3 Å². The van der Waals surface area contributed by atoms with Gasteiger partial charge in [0.15, 0.2) is 4.96 Å². The predicted molar refractivity (Wildman–Crippen MR) is 106 cm³/mol. The molecule has 0 radical (unpaired) electrons. The van der Waals surface area contributed by atoms with E-state index in [4.69, 9.17) is 0 Å². The number of piperazine rings is 1. The van der Waals surface area contributed by atoms with Gasteiger partial charge >= 0.3 is 0 Å². The number of amides is 1. The number of hydrogen-bond acceptors (Lipinski definition) is 6. The molecule has 0 unspecified atom stereocenters. The van der Waals surface area contributed by atoms with E-state index in [2.05, 4.69) is 25.8 Å². The molecule has 1 aliphatic heterocycles. The first-order chi connectivity index (χ1) is 13.0. The number of fused-ring (bicyclic) bond motifs is 1. The fourth-order valence-electron chi connectivity index (χ4n) is 3.16. The summed E-state index contributed by atoms with van der Waals surface area (Å²) in [5.41, 5.74) is 0.970. The average molecular weight is 449 g/mol. The van der Waals surface area contributed by atoms with Crippen LogP contribution in [0.3, 0.4) is 0 Å². The van der Waals surface area contributed by atoms with Crippen LogP contribution in [0.15, 0.2) is 45.1 Å². The summed E-state index contributed by atoms with van der Waals surface area (Å²) in [7, 11) is 0. The molecule has 27 heavy (non-hydrogen) atoms. The van der Waals surface area contributed by atoms with Crippen LogP contribution >= 0.6 is 27.3 Å². The predicted octanol–water partition coefficient (Wildman–Crippen LogP) is 2.18. The summed E-state index contributed by atoms with van der Waals surface area (Å²) in [5.74, 6) is -0.190. The summed E-state index contributed by atoms with van der Waals surface area (Å²) < 4.78 is 2.29. The first-order valence-electron chi connectivity index (χ1n) is 8.47. The highest BCUT2D eigenvalue weighted by Gasteiger charge is 2.24. The van der Waals surface area contributed by atoms with Gasteiger partial charge in [-0.2, -0.15) is 0 Å². The van der Waals surface area contributed by atoms with Gasteiger partial charge in [-0.1, -0.05) is 15.9 Å². The van der Waals surface area contributed by atoms with E-state index >= 15 is 0 Å². The Hall–Kier alpha value is -2.23. The van der Waals surface area contributed by atoms with Gasteiger partial charge in [0.05, 0.1) is 11.3 Å². The van der Waals surface area contributed by atoms with E-state index in [0.29, 0.717) is 43.2 Å². The summed E-state index contributed by atoms with van der Waals surface area (Å²) >= 11 is 4.77. The highest BCUT2D eigenvalue weighted by atomic mass is 79.9. The molecule has 1 fully saturated rings. The van der Waals surface area contributed by atoms with Crippen molar-refractivity contribution in [3.63, 3.8) is 0 Å². The number of aromatic hydroxyl groups is 1. The summed E-state index contributed by atoms with van der Waals surface area (Å²) in [4.78, 5) is 33.9. The molecule has 0 atom stereocenters. The third-order valence-corrected chi connectivity index (χ3v) is 5.84. The van der Waals surface area contributed by atoms with Crippen LogP contribution in [0.25, 0.3) is 4.96 Å². The van der Waals surface area contributed by atoms with Crippen LogP contribution in [0.4, 0.5) is 0 Å². The van der Waals surface area contributed by atoms with Gasteiger partial charge in [0.2, 0.25) is 0 Å². The molecular formula is C18H17BrN4O3S. The van der Waals surface area contributed by atoms with E-state index in [1.165, 1.54) is 21.8 Å². The van der Waals surface area contributed by atoms with Gasteiger partial charge in [0.25, 0.3) is 11.5 Å². The number of phenolic OH excluding ortho intramolecular Hbond substituents is 1. The molecule has 9 heteroatoms. The molecule has 0 bridgehead atoms. The van der Waals surface area contributed by atoms with Crippen molar-refractivity contribution in [2.24, 2.45) is 0 Å². The fraction of sp³-hybridized carbons (Fsp3) is 0.278. The van der Waals surface area contributed by atoms with Crippen molar-refractivity contribution in [1.29, 1.82) is 0 Å². The Bertz CT molecular complexity index is 1060.